The van der Waals surface area contributed by atoms with E-state index in [1.165, 1.54) is 0 Å². The minimum atomic E-state index is -0.258. The van der Waals surface area contributed by atoms with Gasteiger partial charge in [0, 0.05) is 33.3 Å². The Kier molecular flexibility index (Phi) is 7.00. The first-order valence-electron chi connectivity index (χ1n) is 6.58. The van der Waals surface area contributed by atoms with Crippen LogP contribution in [0.3, 0.4) is 0 Å². The highest BCUT2D eigenvalue weighted by Gasteiger charge is 2.32. The second-order valence-electron chi connectivity index (χ2n) is 4.56. The molecule has 1 saturated heterocycles. The summed E-state index contributed by atoms with van der Waals surface area (Å²) in [6, 6.07) is -0.170. The molecule has 1 aliphatic rings. The predicted molar refractivity (Wildman–Crippen MR) is 69.7 cm³/mol. The molecule has 6 nitrogen and oxygen atoms in total. The highest BCUT2D eigenvalue weighted by Crippen LogP contribution is 2.18. The summed E-state index contributed by atoms with van der Waals surface area (Å²) in [4.78, 5) is 11.6. The maximum atomic E-state index is 11.6. The van der Waals surface area contributed by atoms with Gasteiger partial charge in [-0.15, -0.1) is 0 Å². The first-order chi connectivity index (χ1) is 8.72. The Morgan fingerprint density at radius 1 is 1.50 bits per heavy atom. The molecule has 1 heterocycles. The second-order valence-corrected chi connectivity index (χ2v) is 4.56. The monoisotopic (exact) mass is 259 g/mol. The maximum absolute atomic E-state index is 11.6. The molecule has 0 bridgehead atoms. The van der Waals surface area contributed by atoms with Crippen molar-refractivity contribution in [3.63, 3.8) is 0 Å². The van der Waals surface area contributed by atoms with Gasteiger partial charge in [-0.1, -0.05) is 13.3 Å². The van der Waals surface area contributed by atoms with E-state index in [4.69, 9.17) is 9.47 Å². The van der Waals surface area contributed by atoms with E-state index in [9.17, 15) is 4.79 Å². The van der Waals surface area contributed by atoms with E-state index in [1.54, 1.807) is 7.11 Å². The Hall–Kier alpha value is -0.850. The number of nitrogens with one attached hydrogen (secondary N) is 3. The predicted octanol–water partition coefficient (Wildman–Crippen LogP) is 0.0907. The second kappa shape index (κ2) is 8.29. The lowest BCUT2D eigenvalue weighted by atomic mass is 9.96. The number of hydrogen-bond donors (Lipinski definition) is 3. The molecule has 0 spiro atoms. The normalized spacial score (nSPS) is 23.7. The van der Waals surface area contributed by atoms with Gasteiger partial charge in [-0.25, -0.2) is 4.79 Å². The van der Waals surface area contributed by atoms with Gasteiger partial charge in [-0.2, -0.15) is 0 Å². The van der Waals surface area contributed by atoms with Crippen molar-refractivity contribution in [2.45, 2.75) is 25.4 Å². The third kappa shape index (κ3) is 5.20. The van der Waals surface area contributed by atoms with Crippen molar-refractivity contribution in [3.05, 3.63) is 0 Å². The minimum Gasteiger partial charge on any atom is -0.383 e. The quantitative estimate of drug-likeness (QED) is 0.567. The Morgan fingerprint density at radius 2 is 2.33 bits per heavy atom. The molecule has 0 aromatic rings. The summed E-state index contributed by atoms with van der Waals surface area (Å²) >= 11 is 0. The third-order valence-corrected chi connectivity index (χ3v) is 3.00. The molecule has 1 aliphatic heterocycles. The fourth-order valence-electron chi connectivity index (χ4n) is 2.10. The number of carbonyl (C=O) groups excluding carboxylic acids is 1. The van der Waals surface area contributed by atoms with Gasteiger partial charge >= 0.3 is 6.03 Å². The molecule has 0 aromatic carbocycles. The molecule has 3 N–H and O–H groups in total. The molecular formula is C12H25N3O3. The summed E-state index contributed by atoms with van der Waals surface area (Å²) in [6.07, 6.45) is 1.98. The molecule has 1 unspecified atom stereocenters. The first-order valence-corrected chi connectivity index (χ1v) is 6.58. The van der Waals surface area contributed by atoms with Gasteiger partial charge in [0.1, 0.15) is 0 Å². The van der Waals surface area contributed by atoms with Crippen LogP contribution in [-0.4, -0.2) is 58.1 Å². The summed E-state index contributed by atoms with van der Waals surface area (Å²) in [5, 5.41) is 8.92. The molecule has 6 heteroatoms. The molecule has 18 heavy (non-hydrogen) atoms. The van der Waals surface area contributed by atoms with Crippen LogP contribution in [0.5, 0.6) is 0 Å². The molecule has 1 fully saturated rings. The van der Waals surface area contributed by atoms with Crippen LogP contribution >= 0.6 is 0 Å². The van der Waals surface area contributed by atoms with Crippen LogP contribution in [0.25, 0.3) is 0 Å². The summed E-state index contributed by atoms with van der Waals surface area (Å²) in [7, 11) is 1.61. The van der Waals surface area contributed by atoms with E-state index in [1.807, 2.05) is 0 Å². The number of ether oxygens (including phenoxy) is 2. The number of amides is 2. The van der Waals surface area contributed by atoms with Crippen molar-refractivity contribution >= 4 is 6.03 Å². The largest absolute Gasteiger partial charge is 0.383 e. The molecule has 1 rings (SSSR count). The van der Waals surface area contributed by atoms with Crippen molar-refractivity contribution in [1.29, 1.82) is 0 Å². The fourth-order valence-corrected chi connectivity index (χ4v) is 2.10. The number of methoxy groups -OCH3 is 1. The van der Waals surface area contributed by atoms with Gasteiger partial charge in [-0.3, -0.25) is 0 Å². The summed E-state index contributed by atoms with van der Waals surface area (Å²) < 4.78 is 10.7. The molecule has 106 valence electrons. The number of carbonyl (C=O) groups is 1. The summed E-state index contributed by atoms with van der Waals surface area (Å²) in [6.45, 7) is 6.07. The van der Waals surface area contributed by atoms with Crippen LogP contribution < -0.4 is 16.0 Å². The van der Waals surface area contributed by atoms with E-state index in [0.29, 0.717) is 26.3 Å². The lowest BCUT2D eigenvalue weighted by Gasteiger charge is -2.37. The number of morpholine rings is 1. The Balaban J connectivity index is 2.30. The lowest BCUT2D eigenvalue weighted by Crippen LogP contribution is -2.57. The molecule has 0 aliphatic carbocycles. The van der Waals surface area contributed by atoms with Gasteiger partial charge in [-0.05, 0) is 6.42 Å². The smallest absolute Gasteiger partial charge is 0.314 e. The fraction of sp³-hybridized carbons (Fsp3) is 0.917. The Bertz CT molecular complexity index is 237. The zero-order valence-electron chi connectivity index (χ0n) is 11.4. The Morgan fingerprint density at radius 3 is 2.94 bits per heavy atom. The van der Waals surface area contributed by atoms with Crippen LogP contribution in [0.1, 0.15) is 19.8 Å². The maximum Gasteiger partial charge on any atom is 0.314 e. The van der Waals surface area contributed by atoms with Crippen molar-refractivity contribution in [2.24, 2.45) is 0 Å². The number of urea groups is 1. The van der Waals surface area contributed by atoms with Crippen molar-refractivity contribution in [3.8, 4) is 0 Å². The van der Waals surface area contributed by atoms with Gasteiger partial charge in [0.2, 0.25) is 0 Å². The summed E-state index contributed by atoms with van der Waals surface area (Å²) in [5.74, 6) is 0. The van der Waals surface area contributed by atoms with Crippen LogP contribution in [-0.2, 0) is 9.47 Å². The van der Waals surface area contributed by atoms with E-state index in [-0.39, 0.29) is 11.6 Å². The molecule has 0 radical (unpaired) electrons. The number of rotatable bonds is 7. The highest BCUT2D eigenvalue weighted by molar-refractivity contribution is 5.73. The average molecular weight is 259 g/mol. The van der Waals surface area contributed by atoms with Gasteiger partial charge < -0.3 is 25.4 Å². The molecule has 0 saturated carbocycles. The SMILES string of the molecule is CCCC1(CNC(=O)NCCOC)CNCCO1. The zero-order chi connectivity index (χ0) is 13.3. The van der Waals surface area contributed by atoms with Crippen molar-refractivity contribution < 1.29 is 14.3 Å². The van der Waals surface area contributed by atoms with Gasteiger partial charge in [0.25, 0.3) is 0 Å². The molecule has 2 amide bonds. The van der Waals surface area contributed by atoms with E-state index >= 15 is 0 Å². The van der Waals surface area contributed by atoms with Gasteiger partial charge in [0.05, 0.1) is 18.8 Å². The Labute approximate surface area is 109 Å². The van der Waals surface area contributed by atoms with E-state index < -0.39 is 0 Å². The van der Waals surface area contributed by atoms with Crippen LogP contribution in [0.15, 0.2) is 0 Å². The van der Waals surface area contributed by atoms with Gasteiger partial charge in [0.15, 0.2) is 0 Å². The van der Waals surface area contributed by atoms with Crippen LogP contribution in [0, 0.1) is 0 Å². The third-order valence-electron chi connectivity index (χ3n) is 3.00. The molecular weight excluding hydrogens is 234 g/mol. The standard InChI is InChI=1S/C12H25N3O3/c1-3-4-12(9-13-5-8-18-12)10-15-11(16)14-6-7-17-2/h13H,3-10H2,1-2H3,(H2,14,15,16). The molecule has 1 atom stereocenters. The highest BCUT2D eigenvalue weighted by atomic mass is 16.5. The zero-order valence-corrected chi connectivity index (χ0v) is 11.4. The summed E-state index contributed by atoms with van der Waals surface area (Å²) in [5.41, 5.74) is -0.258. The average Bonchev–Trinajstić information content (AvgIpc) is 2.38. The van der Waals surface area contributed by atoms with Crippen LogP contribution in [0.4, 0.5) is 4.79 Å². The topological polar surface area (TPSA) is 71.6 Å². The first kappa shape index (κ1) is 15.2. The van der Waals surface area contributed by atoms with Crippen molar-refractivity contribution in [2.75, 3.05) is 46.5 Å². The number of hydrogen-bond acceptors (Lipinski definition) is 4. The minimum absolute atomic E-state index is 0.170. The lowest BCUT2D eigenvalue weighted by molar-refractivity contribution is -0.0681. The van der Waals surface area contributed by atoms with Crippen molar-refractivity contribution in [1.82, 2.24) is 16.0 Å². The van der Waals surface area contributed by atoms with E-state index in [2.05, 4.69) is 22.9 Å². The molecule has 0 aromatic heterocycles. The van der Waals surface area contributed by atoms with Crippen LogP contribution in [0.2, 0.25) is 0 Å². The van der Waals surface area contributed by atoms with E-state index in [0.717, 1.165) is 25.9 Å².